The number of methoxy groups -OCH3 is 3. The highest BCUT2D eigenvalue weighted by Crippen LogP contribution is 2.30. The van der Waals surface area contributed by atoms with Gasteiger partial charge in [0.25, 0.3) is 0 Å². The van der Waals surface area contributed by atoms with Crippen molar-refractivity contribution in [3.63, 3.8) is 0 Å². The molecule has 0 amide bonds. The third-order valence-electron chi connectivity index (χ3n) is 3.79. The summed E-state index contributed by atoms with van der Waals surface area (Å²) in [5.74, 6) is 2.00. The molecule has 2 aromatic rings. The zero-order valence-electron chi connectivity index (χ0n) is 14.7. The Bertz CT molecular complexity index is 773. The first kappa shape index (κ1) is 18.3. The number of ether oxygens (including phenoxy) is 3. The van der Waals surface area contributed by atoms with E-state index in [4.69, 9.17) is 14.2 Å². The maximum atomic E-state index is 12.3. The predicted octanol–water partition coefficient (Wildman–Crippen LogP) is 4.34. The summed E-state index contributed by atoms with van der Waals surface area (Å²) in [4.78, 5) is 12.3. The number of hydrogen-bond acceptors (Lipinski definition) is 4. The second-order valence-corrected chi connectivity index (χ2v) is 5.32. The first-order chi connectivity index (χ1) is 12.1. The van der Waals surface area contributed by atoms with Crippen LogP contribution < -0.4 is 14.2 Å². The van der Waals surface area contributed by atoms with Crippen LogP contribution in [0.5, 0.6) is 17.2 Å². The molecular weight excluding hydrogens is 316 g/mol. The number of hydrogen-bond donors (Lipinski definition) is 0. The molecule has 4 nitrogen and oxygen atoms in total. The number of rotatable bonds is 8. The average Bonchev–Trinajstić information content (AvgIpc) is 2.66. The molecule has 0 aliphatic heterocycles. The van der Waals surface area contributed by atoms with E-state index in [1.54, 1.807) is 57.7 Å². The van der Waals surface area contributed by atoms with Gasteiger partial charge in [-0.1, -0.05) is 6.08 Å². The molecule has 0 aliphatic rings. The lowest BCUT2D eigenvalue weighted by atomic mass is 10.0. The van der Waals surface area contributed by atoms with Crippen molar-refractivity contribution in [2.24, 2.45) is 0 Å². The molecular formula is C21H22O4. The maximum absolute atomic E-state index is 12.3. The second kappa shape index (κ2) is 8.73. The van der Waals surface area contributed by atoms with E-state index in [2.05, 4.69) is 6.58 Å². The van der Waals surface area contributed by atoms with Crippen LogP contribution in [0.1, 0.15) is 21.5 Å². The van der Waals surface area contributed by atoms with Gasteiger partial charge in [-0.25, -0.2) is 0 Å². The van der Waals surface area contributed by atoms with Crippen LogP contribution in [0.15, 0.2) is 55.1 Å². The highest BCUT2D eigenvalue weighted by atomic mass is 16.5. The molecule has 0 radical (unpaired) electrons. The zero-order valence-corrected chi connectivity index (χ0v) is 14.7. The minimum atomic E-state index is -0.0919. The molecule has 4 heteroatoms. The summed E-state index contributed by atoms with van der Waals surface area (Å²) < 4.78 is 15.9. The van der Waals surface area contributed by atoms with E-state index in [0.29, 0.717) is 23.5 Å². The molecule has 0 spiro atoms. The molecule has 0 heterocycles. The Morgan fingerprint density at radius 2 is 1.68 bits per heavy atom. The number of ketones is 1. The minimum absolute atomic E-state index is 0.0919. The largest absolute Gasteiger partial charge is 0.497 e. The van der Waals surface area contributed by atoms with Crippen molar-refractivity contribution in [3.8, 4) is 17.2 Å². The Kier molecular flexibility index (Phi) is 6.40. The van der Waals surface area contributed by atoms with Crippen molar-refractivity contribution in [3.05, 3.63) is 71.8 Å². The number of benzene rings is 2. The van der Waals surface area contributed by atoms with Crippen LogP contribution in [0.2, 0.25) is 0 Å². The highest BCUT2D eigenvalue weighted by Gasteiger charge is 2.09. The van der Waals surface area contributed by atoms with Crippen LogP contribution in [-0.4, -0.2) is 27.1 Å². The van der Waals surface area contributed by atoms with Gasteiger partial charge >= 0.3 is 0 Å². The standard InChI is InChI=1S/C21H22O4/c1-5-6-16-13-17(21(25-4)14-20(16)24-3)9-12-19(22)15-7-10-18(23-2)11-8-15/h5,7-14H,1,6H2,2-4H3/b12-9+. The molecule has 0 fully saturated rings. The average molecular weight is 338 g/mol. The molecule has 2 rings (SSSR count). The highest BCUT2D eigenvalue weighted by molar-refractivity contribution is 6.07. The normalized spacial score (nSPS) is 10.5. The van der Waals surface area contributed by atoms with Gasteiger partial charge in [0, 0.05) is 17.2 Å². The Hall–Kier alpha value is -3.01. The van der Waals surface area contributed by atoms with Crippen molar-refractivity contribution in [2.45, 2.75) is 6.42 Å². The van der Waals surface area contributed by atoms with Crippen molar-refractivity contribution < 1.29 is 19.0 Å². The smallest absolute Gasteiger partial charge is 0.185 e. The first-order valence-electron chi connectivity index (χ1n) is 7.85. The molecule has 0 N–H and O–H groups in total. The van der Waals surface area contributed by atoms with Crippen LogP contribution >= 0.6 is 0 Å². The Morgan fingerprint density at radius 1 is 1.00 bits per heavy atom. The maximum Gasteiger partial charge on any atom is 0.185 e. The molecule has 2 aromatic carbocycles. The fraction of sp³-hybridized carbons (Fsp3) is 0.190. The van der Waals surface area contributed by atoms with E-state index in [-0.39, 0.29) is 5.78 Å². The quantitative estimate of drug-likeness (QED) is 0.408. The lowest BCUT2D eigenvalue weighted by Crippen LogP contribution is -1.97. The molecule has 0 bridgehead atoms. The molecule has 0 aliphatic carbocycles. The molecule has 25 heavy (non-hydrogen) atoms. The van der Waals surface area contributed by atoms with Gasteiger partial charge in [0.2, 0.25) is 0 Å². The van der Waals surface area contributed by atoms with Crippen LogP contribution in [0.4, 0.5) is 0 Å². The fourth-order valence-corrected chi connectivity index (χ4v) is 2.45. The van der Waals surface area contributed by atoms with Crippen molar-refractivity contribution in [2.75, 3.05) is 21.3 Å². The van der Waals surface area contributed by atoms with Crippen LogP contribution in [0.3, 0.4) is 0 Å². The van der Waals surface area contributed by atoms with Crippen LogP contribution in [0.25, 0.3) is 6.08 Å². The topological polar surface area (TPSA) is 44.8 Å². The Labute approximate surface area is 148 Å². The minimum Gasteiger partial charge on any atom is -0.497 e. The number of carbonyl (C=O) groups is 1. The van der Waals surface area contributed by atoms with Gasteiger partial charge in [0.1, 0.15) is 17.2 Å². The number of allylic oxidation sites excluding steroid dienone is 2. The van der Waals surface area contributed by atoms with E-state index < -0.39 is 0 Å². The zero-order chi connectivity index (χ0) is 18.2. The number of carbonyl (C=O) groups excluding carboxylic acids is 1. The summed E-state index contributed by atoms with van der Waals surface area (Å²) in [7, 11) is 4.79. The molecule has 0 aromatic heterocycles. The molecule has 0 saturated carbocycles. The van der Waals surface area contributed by atoms with Crippen molar-refractivity contribution in [1.29, 1.82) is 0 Å². The second-order valence-electron chi connectivity index (χ2n) is 5.32. The molecule has 0 atom stereocenters. The van der Waals surface area contributed by atoms with Gasteiger partial charge in [-0.3, -0.25) is 4.79 Å². The van der Waals surface area contributed by atoms with Gasteiger partial charge in [0.05, 0.1) is 21.3 Å². The van der Waals surface area contributed by atoms with Gasteiger partial charge in [-0.05, 0) is 54.5 Å². The van der Waals surface area contributed by atoms with E-state index in [9.17, 15) is 4.79 Å². The van der Waals surface area contributed by atoms with E-state index in [0.717, 1.165) is 16.9 Å². The fourth-order valence-electron chi connectivity index (χ4n) is 2.45. The van der Waals surface area contributed by atoms with Gasteiger partial charge in [-0.2, -0.15) is 0 Å². The first-order valence-corrected chi connectivity index (χ1v) is 7.85. The summed E-state index contributed by atoms with van der Waals surface area (Å²) in [6.07, 6.45) is 5.75. The van der Waals surface area contributed by atoms with E-state index in [1.807, 2.05) is 12.1 Å². The monoisotopic (exact) mass is 338 g/mol. The summed E-state index contributed by atoms with van der Waals surface area (Å²) >= 11 is 0. The SMILES string of the molecule is C=CCc1cc(/C=C/C(=O)c2ccc(OC)cc2)c(OC)cc1OC. The Morgan fingerprint density at radius 3 is 2.24 bits per heavy atom. The van der Waals surface area contributed by atoms with Crippen molar-refractivity contribution >= 4 is 11.9 Å². The Balaban J connectivity index is 2.30. The van der Waals surface area contributed by atoms with Crippen molar-refractivity contribution in [1.82, 2.24) is 0 Å². The molecule has 0 unspecified atom stereocenters. The van der Waals surface area contributed by atoms with Gasteiger partial charge in [0.15, 0.2) is 5.78 Å². The van der Waals surface area contributed by atoms with E-state index >= 15 is 0 Å². The summed E-state index contributed by atoms with van der Waals surface area (Å²) in [5.41, 5.74) is 2.38. The summed E-state index contributed by atoms with van der Waals surface area (Å²) in [5, 5.41) is 0. The van der Waals surface area contributed by atoms with Crippen LogP contribution in [-0.2, 0) is 6.42 Å². The molecule has 130 valence electrons. The third-order valence-corrected chi connectivity index (χ3v) is 3.79. The summed E-state index contributed by atoms with van der Waals surface area (Å²) in [6, 6.07) is 10.8. The molecule has 0 saturated heterocycles. The lowest BCUT2D eigenvalue weighted by Gasteiger charge is -2.12. The lowest BCUT2D eigenvalue weighted by molar-refractivity contribution is 0.104. The third kappa shape index (κ3) is 4.51. The van der Waals surface area contributed by atoms with Gasteiger partial charge < -0.3 is 14.2 Å². The summed E-state index contributed by atoms with van der Waals surface area (Å²) in [6.45, 7) is 3.76. The predicted molar refractivity (Wildman–Crippen MR) is 99.8 cm³/mol. The van der Waals surface area contributed by atoms with Crippen LogP contribution in [0, 0.1) is 0 Å². The van der Waals surface area contributed by atoms with E-state index in [1.165, 1.54) is 6.08 Å². The van der Waals surface area contributed by atoms with Gasteiger partial charge in [-0.15, -0.1) is 6.58 Å².